The molecule has 0 radical (unpaired) electrons. The average Bonchev–Trinajstić information content (AvgIpc) is 2.44. The summed E-state index contributed by atoms with van der Waals surface area (Å²) in [4.78, 5) is 25.4. The van der Waals surface area contributed by atoms with E-state index in [-0.39, 0.29) is 34.8 Å². The van der Waals surface area contributed by atoms with Gasteiger partial charge in [0.25, 0.3) is 5.91 Å². The molecule has 1 aromatic rings. The molecule has 2 amide bonds. The Hall–Kier alpha value is -1.33. The van der Waals surface area contributed by atoms with Crippen molar-refractivity contribution in [3.8, 4) is 0 Å². The van der Waals surface area contributed by atoms with Gasteiger partial charge in [-0.2, -0.15) is 0 Å². The highest BCUT2D eigenvalue weighted by Gasteiger charge is 2.37. The molecule has 1 heterocycles. The van der Waals surface area contributed by atoms with Crippen LogP contribution in [0.5, 0.6) is 0 Å². The highest BCUT2D eigenvalue weighted by molar-refractivity contribution is 6.35. The van der Waals surface area contributed by atoms with Gasteiger partial charge in [-0.3, -0.25) is 9.59 Å². The van der Waals surface area contributed by atoms with Crippen molar-refractivity contribution in [2.45, 2.75) is 25.8 Å². The van der Waals surface area contributed by atoms with Gasteiger partial charge in [-0.15, -0.1) is 0 Å². The van der Waals surface area contributed by atoms with Gasteiger partial charge in [0.1, 0.15) is 5.54 Å². The standard InChI is InChI=1S/C13H13Cl2FN2O2/c1-13(2)12(20)18(4-3-10(19)17-13)7-5-8(14)11(16)9(15)6-7/h5-6H,3-4H2,1-2H3,(H,17,19). The van der Waals surface area contributed by atoms with E-state index >= 15 is 0 Å². The Bertz CT molecular complexity index is 567. The van der Waals surface area contributed by atoms with E-state index in [0.717, 1.165) is 0 Å². The van der Waals surface area contributed by atoms with Crippen molar-refractivity contribution in [2.75, 3.05) is 11.4 Å². The quantitative estimate of drug-likeness (QED) is 0.809. The second kappa shape index (κ2) is 5.22. The van der Waals surface area contributed by atoms with Crippen molar-refractivity contribution in [2.24, 2.45) is 0 Å². The average molecular weight is 319 g/mol. The first kappa shape index (κ1) is 15.1. The lowest BCUT2D eigenvalue weighted by Gasteiger charge is -2.29. The first-order valence-electron chi connectivity index (χ1n) is 6.00. The Balaban J connectivity index is 2.45. The smallest absolute Gasteiger partial charge is 0.252 e. The minimum atomic E-state index is -1.04. The molecule has 1 aliphatic heterocycles. The van der Waals surface area contributed by atoms with Crippen LogP contribution in [0.25, 0.3) is 0 Å². The van der Waals surface area contributed by atoms with Crippen molar-refractivity contribution in [1.82, 2.24) is 5.32 Å². The molecule has 0 aliphatic carbocycles. The Labute approximate surface area is 125 Å². The summed E-state index contributed by atoms with van der Waals surface area (Å²) in [7, 11) is 0. The predicted octanol–water partition coefficient (Wildman–Crippen LogP) is 2.76. The highest BCUT2D eigenvalue weighted by Crippen LogP contribution is 2.31. The maximum Gasteiger partial charge on any atom is 0.252 e. The lowest BCUT2D eigenvalue weighted by atomic mass is 10.0. The molecule has 4 nitrogen and oxygen atoms in total. The lowest BCUT2D eigenvalue weighted by molar-refractivity contribution is -0.128. The van der Waals surface area contributed by atoms with Crippen LogP contribution in [-0.4, -0.2) is 23.9 Å². The van der Waals surface area contributed by atoms with E-state index in [0.29, 0.717) is 5.69 Å². The Morgan fingerprint density at radius 2 is 1.80 bits per heavy atom. The third kappa shape index (κ3) is 2.74. The molecule has 1 aliphatic rings. The maximum absolute atomic E-state index is 13.4. The van der Waals surface area contributed by atoms with Crippen LogP contribution in [0, 0.1) is 5.82 Å². The predicted molar refractivity (Wildman–Crippen MR) is 75.6 cm³/mol. The molecule has 0 spiro atoms. The number of anilines is 1. The van der Waals surface area contributed by atoms with Crippen molar-refractivity contribution in [3.63, 3.8) is 0 Å². The molecule has 2 rings (SSSR count). The summed E-state index contributed by atoms with van der Waals surface area (Å²) in [6.45, 7) is 3.41. The molecular formula is C13H13Cl2FN2O2. The van der Waals surface area contributed by atoms with Crippen LogP contribution in [0.3, 0.4) is 0 Å². The Morgan fingerprint density at radius 1 is 1.25 bits per heavy atom. The van der Waals surface area contributed by atoms with Gasteiger partial charge in [0.05, 0.1) is 10.0 Å². The Morgan fingerprint density at radius 3 is 2.35 bits per heavy atom. The first-order chi connectivity index (χ1) is 9.22. The summed E-state index contributed by atoms with van der Waals surface area (Å²) < 4.78 is 13.4. The molecule has 0 unspecified atom stereocenters. The minimum Gasteiger partial charge on any atom is -0.342 e. The van der Waals surface area contributed by atoms with Crippen molar-refractivity contribution < 1.29 is 14.0 Å². The van der Waals surface area contributed by atoms with Crippen LogP contribution in [0.15, 0.2) is 12.1 Å². The molecule has 1 N–H and O–H groups in total. The summed E-state index contributed by atoms with van der Waals surface area (Å²) in [5.41, 5.74) is -0.669. The summed E-state index contributed by atoms with van der Waals surface area (Å²) >= 11 is 11.5. The lowest BCUT2D eigenvalue weighted by Crippen LogP contribution is -2.53. The molecule has 0 saturated carbocycles. The number of amides is 2. The van der Waals surface area contributed by atoms with E-state index in [1.54, 1.807) is 13.8 Å². The molecule has 7 heteroatoms. The van der Waals surface area contributed by atoms with Gasteiger partial charge in [-0.1, -0.05) is 23.2 Å². The molecule has 1 aromatic carbocycles. The highest BCUT2D eigenvalue weighted by atomic mass is 35.5. The zero-order valence-corrected chi connectivity index (χ0v) is 12.5. The van der Waals surface area contributed by atoms with Crippen LogP contribution in [-0.2, 0) is 9.59 Å². The van der Waals surface area contributed by atoms with Crippen molar-refractivity contribution >= 4 is 40.7 Å². The van der Waals surface area contributed by atoms with E-state index in [4.69, 9.17) is 23.2 Å². The molecule has 0 aromatic heterocycles. The second-order valence-electron chi connectivity index (χ2n) is 5.10. The molecule has 1 saturated heterocycles. The van der Waals surface area contributed by atoms with E-state index in [2.05, 4.69) is 5.32 Å². The van der Waals surface area contributed by atoms with Gasteiger partial charge in [0.15, 0.2) is 5.82 Å². The number of benzene rings is 1. The van der Waals surface area contributed by atoms with Gasteiger partial charge < -0.3 is 10.2 Å². The fourth-order valence-corrected chi connectivity index (χ4v) is 2.54. The van der Waals surface area contributed by atoms with Crippen LogP contribution in [0.2, 0.25) is 10.0 Å². The molecule has 1 fully saturated rings. The molecule has 20 heavy (non-hydrogen) atoms. The van der Waals surface area contributed by atoms with Gasteiger partial charge >= 0.3 is 0 Å². The van der Waals surface area contributed by atoms with Gasteiger partial charge in [0.2, 0.25) is 5.91 Å². The summed E-state index contributed by atoms with van der Waals surface area (Å²) in [6, 6.07) is 2.65. The van der Waals surface area contributed by atoms with E-state index < -0.39 is 11.4 Å². The molecular weight excluding hydrogens is 306 g/mol. The normalized spacial score (nSPS) is 18.8. The number of rotatable bonds is 1. The third-order valence-corrected chi connectivity index (χ3v) is 3.62. The van der Waals surface area contributed by atoms with Gasteiger partial charge in [-0.05, 0) is 26.0 Å². The fourth-order valence-electron chi connectivity index (χ4n) is 2.06. The number of hydrogen-bond acceptors (Lipinski definition) is 2. The van der Waals surface area contributed by atoms with E-state index in [1.165, 1.54) is 17.0 Å². The molecule has 0 atom stereocenters. The van der Waals surface area contributed by atoms with Crippen LogP contribution < -0.4 is 10.2 Å². The SMILES string of the molecule is CC1(C)NC(=O)CCN(c2cc(Cl)c(F)c(Cl)c2)C1=O. The van der Waals surface area contributed by atoms with Gasteiger partial charge in [-0.25, -0.2) is 4.39 Å². The number of carbonyl (C=O) groups is 2. The van der Waals surface area contributed by atoms with Crippen LogP contribution in [0.1, 0.15) is 20.3 Å². The Kier molecular flexibility index (Phi) is 3.93. The fraction of sp³-hybridized carbons (Fsp3) is 0.385. The van der Waals surface area contributed by atoms with Gasteiger partial charge in [0, 0.05) is 18.7 Å². The topological polar surface area (TPSA) is 49.4 Å². The maximum atomic E-state index is 13.4. The number of halogens is 3. The largest absolute Gasteiger partial charge is 0.342 e. The summed E-state index contributed by atoms with van der Waals surface area (Å²) in [6.07, 6.45) is 0.155. The minimum absolute atomic E-state index is 0.155. The number of nitrogens with one attached hydrogen (secondary N) is 1. The number of hydrogen-bond donors (Lipinski definition) is 1. The van der Waals surface area contributed by atoms with Crippen molar-refractivity contribution in [1.29, 1.82) is 0 Å². The summed E-state index contributed by atoms with van der Waals surface area (Å²) in [5.74, 6) is -1.25. The third-order valence-electron chi connectivity index (χ3n) is 3.07. The zero-order valence-electron chi connectivity index (χ0n) is 11.0. The van der Waals surface area contributed by atoms with Crippen molar-refractivity contribution in [3.05, 3.63) is 28.0 Å². The monoisotopic (exact) mass is 318 g/mol. The van der Waals surface area contributed by atoms with E-state index in [1.807, 2.05) is 0 Å². The van der Waals surface area contributed by atoms with E-state index in [9.17, 15) is 14.0 Å². The molecule has 108 valence electrons. The van der Waals surface area contributed by atoms with Crippen LogP contribution in [0.4, 0.5) is 10.1 Å². The number of nitrogens with zero attached hydrogens (tertiary/aromatic N) is 1. The number of carbonyl (C=O) groups excluding carboxylic acids is 2. The van der Waals surface area contributed by atoms with Crippen LogP contribution >= 0.6 is 23.2 Å². The first-order valence-corrected chi connectivity index (χ1v) is 6.75. The second-order valence-corrected chi connectivity index (χ2v) is 5.92. The molecule has 0 bridgehead atoms. The zero-order chi connectivity index (χ0) is 15.1. The summed E-state index contributed by atoms with van der Waals surface area (Å²) in [5, 5.41) is 2.31.